The van der Waals surface area contributed by atoms with Crippen molar-refractivity contribution < 1.29 is 9.53 Å². The molecule has 2 N–H and O–H groups in total. The SMILES string of the molecule is COC[C@H](C)NC(=O)Nc1ccc2c(c1)CCC2. The highest BCUT2D eigenvalue weighted by molar-refractivity contribution is 5.89. The average molecular weight is 248 g/mol. The van der Waals surface area contributed by atoms with Crippen LogP contribution in [0.1, 0.15) is 24.5 Å². The van der Waals surface area contributed by atoms with Crippen molar-refractivity contribution in [2.75, 3.05) is 19.0 Å². The molecule has 0 saturated carbocycles. The minimum atomic E-state index is -0.183. The van der Waals surface area contributed by atoms with Gasteiger partial charge in [0.05, 0.1) is 12.6 Å². The Kier molecular flexibility index (Phi) is 4.20. The number of benzene rings is 1. The Morgan fingerprint density at radius 3 is 2.94 bits per heavy atom. The molecule has 1 aliphatic carbocycles. The molecule has 1 aromatic rings. The Labute approximate surface area is 108 Å². The number of hydrogen-bond acceptors (Lipinski definition) is 2. The van der Waals surface area contributed by atoms with E-state index in [0.29, 0.717) is 6.61 Å². The van der Waals surface area contributed by atoms with Crippen molar-refractivity contribution >= 4 is 11.7 Å². The molecule has 1 atom stereocenters. The second-order valence-corrected chi connectivity index (χ2v) is 4.79. The number of methoxy groups -OCH3 is 1. The first kappa shape index (κ1) is 12.9. The molecule has 1 aliphatic rings. The van der Waals surface area contributed by atoms with Gasteiger partial charge in [0, 0.05) is 12.8 Å². The minimum absolute atomic E-state index is 0.00410. The van der Waals surface area contributed by atoms with Crippen molar-refractivity contribution in [2.24, 2.45) is 0 Å². The van der Waals surface area contributed by atoms with E-state index in [1.54, 1.807) is 7.11 Å². The first-order valence-corrected chi connectivity index (χ1v) is 6.37. The fourth-order valence-electron chi connectivity index (χ4n) is 2.33. The highest BCUT2D eigenvalue weighted by Gasteiger charge is 2.12. The number of rotatable bonds is 4. The number of carbonyl (C=O) groups is 1. The summed E-state index contributed by atoms with van der Waals surface area (Å²) in [6.45, 7) is 2.42. The number of fused-ring (bicyclic) bond motifs is 1. The third-order valence-corrected chi connectivity index (χ3v) is 3.15. The van der Waals surface area contributed by atoms with E-state index in [-0.39, 0.29) is 12.1 Å². The molecule has 0 fully saturated rings. The zero-order valence-electron chi connectivity index (χ0n) is 11.0. The zero-order chi connectivity index (χ0) is 13.0. The van der Waals surface area contributed by atoms with Crippen LogP contribution >= 0.6 is 0 Å². The lowest BCUT2D eigenvalue weighted by Gasteiger charge is -2.14. The number of ether oxygens (including phenoxy) is 1. The molecule has 0 unspecified atom stereocenters. The first-order chi connectivity index (χ1) is 8.69. The summed E-state index contributed by atoms with van der Waals surface area (Å²) >= 11 is 0. The number of hydrogen-bond donors (Lipinski definition) is 2. The fraction of sp³-hybridized carbons (Fsp3) is 0.500. The van der Waals surface area contributed by atoms with E-state index in [9.17, 15) is 4.79 Å². The van der Waals surface area contributed by atoms with Gasteiger partial charge in [0.2, 0.25) is 0 Å². The normalized spacial score (nSPS) is 15.0. The monoisotopic (exact) mass is 248 g/mol. The topological polar surface area (TPSA) is 50.4 Å². The highest BCUT2D eigenvalue weighted by atomic mass is 16.5. The Hall–Kier alpha value is -1.55. The third-order valence-electron chi connectivity index (χ3n) is 3.15. The largest absolute Gasteiger partial charge is 0.383 e. The summed E-state index contributed by atoms with van der Waals surface area (Å²) < 4.78 is 4.97. The van der Waals surface area contributed by atoms with Crippen LogP contribution in [-0.4, -0.2) is 25.8 Å². The van der Waals surface area contributed by atoms with Crippen LogP contribution in [0.3, 0.4) is 0 Å². The predicted octanol–water partition coefficient (Wildman–Crippen LogP) is 2.33. The summed E-state index contributed by atoms with van der Waals surface area (Å²) in [5.41, 5.74) is 3.63. The number of anilines is 1. The fourth-order valence-corrected chi connectivity index (χ4v) is 2.33. The van der Waals surface area contributed by atoms with E-state index < -0.39 is 0 Å². The summed E-state index contributed by atoms with van der Waals surface area (Å²) in [5.74, 6) is 0. The lowest BCUT2D eigenvalue weighted by molar-refractivity contribution is 0.173. The number of carbonyl (C=O) groups excluding carboxylic acids is 1. The number of urea groups is 1. The third kappa shape index (κ3) is 3.23. The van der Waals surface area contributed by atoms with Crippen molar-refractivity contribution in [3.63, 3.8) is 0 Å². The number of aryl methyl sites for hydroxylation is 2. The molecule has 0 aliphatic heterocycles. The summed E-state index contributed by atoms with van der Waals surface area (Å²) in [5, 5.41) is 5.68. The average Bonchev–Trinajstić information content (AvgIpc) is 2.76. The van der Waals surface area contributed by atoms with Gasteiger partial charge in [-0.05, 0) is 49.4 Å². The molecule has 1 aromatic carbocycles. The maximum Gasteiger partial charge on any atom is 0.319 e. The second-order valence-electron chi connectivity index (χ2n) is 4.79. The van der Waals surface area contributed by atoms with E-state index in [2.05, 4.69) is 22.8 Å². The van der Waals surface area contributed by atoms with Crippen LogP contribution in [0.25, 0.3) is 0 Å². The van der Waals surface area contributed by atoms with Gasteiger partial charge >= 0.3 is 6.03 Å². The second kappa shape index (κ2) is 5.87. The molecular weight excluding hydrogens is 228 g/mol. The predicted molar refractivity (Wildman–Crippen MR) is 72.0 cm³/mol. The van der Waals surface area contributed by atoms with E-state index >= 15 is 0 Å². The van der Waals surface area contributed by atoms with Gasteiger partial charge in [0.15, 0.2) is 0 Å². The van der Waals surface area contributed by atoms with Gasteiger partial charge in [-0.3, -0.25) is 0 Å². The molecule has 2 rings (SSSR count). The van der Waals surface area contributed by atoms with Gasteiger partial charge in [-0.25, -0.2) is 4.79 Å². The van der Waals surface area contributed by atoms with Crippen LogP contribution in [0.2, 0.25) is 0 Å². The van der Waals surface area contributed by atoms with Crippen LogP contribution < -0.4 is 10.6 Å². The number of nitrogens with one attached hydrogen (secondary N) is 2. The van der Waals surface area contributed by atoms with Crippen molar-refractivity contribution in [1.29, 1.82) is 0 Å². The molecule has 0 radical (unpaired) electrons. The standard InChI is InChI=1S/C14H20N2O2/c1-10(9-18-2)15-14(17)16-13-7-6-11-4-3-5-12(11)8-13/h6-8,10H,3-5,9H2,1-2H3,(H2,15,16,17)/t10-/m0/s1. The molecular formula is C14H20N2O2. The van der Waals surface area contributed by atoms with Crippen LogP contribution in [0.15, 0.2) is 18.2 Å². The maximum absolute atomic E-state index is 11.7. The van der Waals surface area contributed by atoms with Gasteiger partial charge in [-0.15, -0.1) is 0 Å². The first-order valence-electron chi connectivity index (χ1n) is 6.37. The van der Waals surface area contributed by atoms with Crippen molar-refractivity contribution in [3.8, 4) is 0 Å². The Balaban J connectivity index is 1.91. The van der Waals surface area contributed by atoms with Gasteiger partial charge in [0.1, 0.15) is 0 Å². The molecule has 4 heteroatoms. The van der Waals surface area contributed by atoms with Crippen LogP contribution in [0.4, 0.5) is 10.5 Å². The lowest BCUT2D eigenvalue weighted by atomic mass is 10.1. The molecule has 98 valence electrons. The summed E-state index contributed by atoms with van der Waals surface area (Å²) in [4.78, 5) is 11.7. The van der Waals surface area contributed by atoms with E-state index in [1.807, 2.05) is 13.0 Å². The molecule has 0 heterocycles. The van der Waals surface area contributed by atoms with E-state index in [0.717, 1.165) is 18.5 Å². The quantitative estimate of drug-likeness (QED) is 0.859. The molecule has 0 spiro atoms. The zero-order valence-corrected chi connectivity index (χ0v) is 11.0. The van der Waals surface area contributed by atoms with Gasteiger partial charge in [-0.2, -0.15) is 0 Å². The number of amides is 2. The Morgan fingerprint density at radius 2 is 2.17 bits per heavy atom. The highest BCUT2D eigenvalue weighted by Crippen LogP contribution is 2.24. The molecule has 0 bridgehead atoms. The Morgan fingerprint density at radius 1 is 1.39 bits per heavy atom. The lowest BCUT2D eigenvalue weighted by Crippen LogP contribution is -2.38. The van der Waals surface area contributed by atoms with Crippen LogP contribution in [0.5, 0.6) is 0 Å². The molecule has 0 saturated heterocycles. The van der Waals surface area contributed by atoms with Gasteiger partial charge in [-0.1, -0.05) is 6.07 Å². The van der Waals surface area contributed by atoms with Crippen molar-refractivity contribution in [1.82, 2.24) is 5.32 Å². The van der Waals surface area contributed by atoms with E-state index in [4.69, 9.17) is 4.74 Å². The van der Waals surface area contributed by atoms with Gasteiger partial charge in [0.25, 0.3) is 0 Å². The van der Waals surface area contributed by atoms with Crippen LogP contribution in [-0.2, 0) is 17.6 Å². The smallest absolute Gasteiger partial charge is 0.319 e. The summed E-state index contributed by atoms with van der Waals surface area (Å²) in [6.07, 6.45) is 3.50. The molecule has 2 amide bonds. The summed E-state index contributed by atoms with van der Waals surface area (Å²) in [7, 11) is 1.62. The van der Waals surface area contributed by atoms with Gasteiger partial charge < -0.3 is 15.4 Å². The minimum Gasteiger partial charge on any atom is -0.383 e. The van der Waals surface area contributed by atoms with Crippen molar-refractivity contribution in [2.45, 2.75) is 32.2 Å². The molecule has 18 heavy (non-hydrogen) atoms. The van der Waals surface area contributed by atoms with E-state index in [1.165, 1.54) is 17.5 Å². The molecule has 0 aromatic heterocycles. The Bertz CT molecular complexity index is 432. The van der Waals surface area contributed by atoms with Crippen LogP contribution in [0, 0.1) is 0 Å². The maximum atomic E-state index is 11.7. The summed E-state index contributed by atoms with van der Waals surface area (Å²) in [6, 6.07) is 5.96. The molecule has 4 nitrogen and oxygen atoms in total. The van der Waals surface area contributed by atoms with Crippen molar-refractivity contribution in [3.05, 3.63) is 29.3 Å².